The molecule has 0 fully saturated rings. The number of rotatable bonds is 5. The number of thiophene rings is 1. The SMILES string of the molecule is CCCCNc1nc2nnnn2c2sc3c(c12)CCN(CC)C3. The second-order valence-electron chi connectivity index (χ2n) is 5.93. The number of fused-ring (bicyclic) bond motifs is 5. The van der Waals surface area contributed by atoms with E-state index >= 15 is 0 Å². The molecule has 0 saturated carbocycles. The fraction of sp³-hybridized carbons (Fsp3) is 0.600. The summed E-state index contributed by atoms with van der Waals surface area (Å²) in [7, 11) is 0. The van der Waals surface area contributed by atoms with Crippen LogP contribution in [0, 0.1) is 0 Å². The van der Waals surface area contributed by atoms with Crippen molar-refractivity contribution in [2.24, 2.45) is 0 Å². The second kappa shape index (κ2) is 6.01. The predicted octanol–water partition coefficient (Wildman–Crippen LogP) is 2.32. The van der Waals surface area contributed by atoms with Gasteiger partial charge in [0.05, 0.1) is 5.39 Å². The van der Waals surface area contributed by atoms with Crippen LogP contribution < -0.4 is 5.32 Å². The lowest BCUT2D eigenvalue weighted by atomic mass is 10.0. The van der Waals surface area contributed by atoms with Crippen LogP contribution in [0.3, 0.4) is 0 Å². The maximum Gasteiger partial charge on any atom is 0.276 e. The van der Waals surface area contributed by atoms with Crippen LogP contribution in [-0.4, -0.2) is 49.6 Å². The predicted molar refractivity (Wildman–Crippen MR) is 92.0 cm³/mol. The fourth-order valence-corrected chi connectivity index (χ4v) is 4.49. The van der Waals surface area contributed by atoms with Crippen LogP contribution in [-0.2, 0) is 13.0 Å². The molecule has 4 rings (SSSR count). The summed E-state index contributed by atoms with van der Waals surface area (Å²) in [6, 6.07) is 0. The van der Waals surface area contributed by atoms with Gasteiger partial charge in [0.2, 0.25) is 0 Å². The quantitative estimate of drug-likeness (QED) is 0.724. The van der Waals surface area contributed by atoms with Crippen LogP contribution in [0.5, 0.6) is 0 Å². The topological polar surface area (TPSA) is 71.2 Å². The first-order valence-corrected chi connectivity index (χ1v) is 9.12. The number of anilines is 1. The highest BCUT2D eigenvalue weighted by Gasteiger charge is 2.24. The van der Waals surface area contributed by atoms with Crippen LogP contribution >= 0.6 is 11.3 Å². The first-order chi connectivity index (χ1) is 11.3. The molecule has 0 aliphatic carbocycles. The first-order valence-electron chi connectivity index (χ1n) is 8.30. The number of nitrogens with zero attached hydrogens (tertiary/aromatic N) is 6. The Bertz CT molecular complexity index is 837. The number of hydrogen-bond donors (Lipinski definition) is 1. The molecular formula is C15H21N7S. The van der Waals surface area contributed by atoms with Gasteiger partial charge >= 0.3 is 0 Å². The molecule has 122 valence electrons. The molecule has 1 aliphatic rings. The summed E-state index contributed by atoms with van der Waals surface area (Å²) in [5.74, 6) is 1.51. The molecule has 1 N–H and O–H groups in total. The maximum absolute atomic E-state index is 4.66. The molecule has 0 unspecified atom stereocenters. The van der Waals surface area contributed by atoms with Gasteiger partial charge in [0.25, 0.3) is 5.78 Å². The van der Waals surface area contributed by atoms with E-state index in [9.17, 15) is 0 Å². The van der Waals surface area contributed by atoms with E-state index in [4.69, 9.17) is 0 Å². The third-order valence-corrected chi connectivity index (χ3v) is 5.67. The van der Waals surface area contributed by atoms with Crippen molar-refractivity contribution in [3.63, 3.8) is 0 Å². The number of tetrazole rings is 1. The Morgan fingerprint density at radius 2 is 2.22 bits per heavy atom. The van der Waals surface area contributed by atoms with E-state index in [1.165, 1.54) is 15.8 Å². The van der Waals surface area contributed by atoms with Gasteiger partial charge in [-0.05, 0) is 35.4 Å². The summed E-state index contributed by atoms with van der Waals surface area (Å²) in [4.78, 5) is 9.68. The Morgan fingerprint density at radius 1 is 1.30 bits per heavy atom. The lowest BCUT2D eigenvalue weighted by molar-refractivity contribution is 0.272. The highest BCUT2D eigenvalue weighted by molar-refractivity contribution is 7.19. The molecule has 3 aromatic rings. The van der Waals surface area contributed by atoms with Crippen molar-refractivity contribution in [3.8, 4) is 0 Å². The van der Waals surface area contributed by atoms with Crippen LogP contribution in [0.25, 0.3) is 16.0 Å². The monoisotopic (exact) mass is 331 g/mol. The highest BCUT2D eigenvalue weighted by Crippen LogP contribution is 2.38. The largest absolute Gasteiger partial charge is 0.369 e. The van der Waals surface area contributed by atoms with Crippen molar-refractivity contribution < 1.29 is 0 Å². The summed E-state index contributed by atoms with van der Waals surface area (Å²) in [6.45, 7) is 8.57. The third-order valence-electron chi connectivity index (χ3n) is 4.48. The molecule has 1 aliphatic heterocycles. The summed E-state index contributed by atoms with van der Waals surface area (Å²) >= 11 is 1.81. The number of nitrogens with one attached hydrogen (secondary N) is 1. The molecule has 7 nitrogen and oxygen atoms in total. The van der Waals surface area contributed by atoms with Gasteiger partial charge in [-0.2, -0.15) is 9.50 Å². The summed E-state index contributed by atoms with van der Waals surface area (Å²) in [5.41, 5.74) is 1.43. The van der Waals surface area contributed by atoms with E-state index in [2.05, 4.69) is 44.6 Å². The summed E-state index contributed by atoms with van der Waals surface area (Å²) < 4.78 is 1.78. The fourth-order valence-electron chi connectivity index (χ4n) is 3.16. The zero-order chi connectivity index (χ0) is 15.8. The molecule has 0 bridgehead atoms. The van der Waals surface area contributed by atoms with Crippen molar-refractivity contribution in [2.75, 3.05) is 25.0 Å². The van der Waals surface area contributed by atoms with Crippen LogP contribution in [0.4, 0.5) is 5.82 Å². The van der Waals surface area contributed by atoms with Gasteiger partial charge in [0, 0.05) is 24.5 Å². The van der Waals surface area contributed by atoms with E-state index in [1.54, 1.807) is 15.9 Å². The number of likely N-dealkylation sites (N-methyl/N-ethyl adjacent to an activating group) is 1. The summed E-state index contributed by atoms with van der Waals surface area (Å²) in [5, 5.41) is 16.7. The van der Waals surface area contributed by atoms with E-state index in [1.807, 2.05) is 0 Å². The Kier molecular flexibility index (Phi) is 3.86. The standard InChI is InChI=1S/C15H21N7S/c1-3-5-7-16-13-12-10-6-8-21(4-2)9-11(10)23-14(12)22-15(17-13)18-19-20-22/h3-9H2,1-2H3,(H,16,17,18,20). The zero-order valence-electron chi connectivity index (χ0n) is 13.5. The van der Waals surface area contributed by atoms with Gasteiger partial charge in [-0.1, -0.05) is 25.4 Å². The van der Waals surface area contributed by atoms with Crippen molar-refractivity contribution in [2.45, 2.75) is 39.7 Å². The zero-order valence-corrected chi connectivity index (χ0v) is 14.4. The minimum Gasteiger partial charge on any atom is -0.369 e. The van der Waals surface area contributed by atoms with Gasteiger partial charge in [-0.3, -0.25) is 4.90 Å². The van der Waals surface area contributed by atoms with Gasteiger partial charge in [-0.15, -0.1) is 11.3 Å². The normalized spacial score (nSPS) is 15.4. The molecule has 0 spiro atoms. The minimum atomic E-state index is 0.572. The second-order valence-corrected chi connectivity index (χ2v) is 7.02. The molecule has 23 heavy (non-hydrogen) atoms. The van der Waals surface area contributed by atoms with Crippen molar-refractivity contribution >= 4 is 33.1 Å². The molecule has 0 saturated heterocycles. The minimum absolute atomic E-state index is 0.572. The van der Waals surface area contributed by atoms with E-state index in [0.717, 1.165) is 56.1 Å². The highest BCUT2D eigenvalue weighted by atomic mass is 32.1. The third kappa shape index (κ3) is 2.46. The van der Waals surface area contributed by atoms with Gasteiger partial charge in [0.15, 0.2) is 0 Å². The summed E-state index contributed by atoms with van der Waals surface area (Å²) in [6.07, 6.45) is 3.37. The first kappa shape index (κ1) is 14.8. The van der Waals surface area contributed by atoms with Crippen LogP contribution in [0.1, 0.15) is 37.1 Å². The smallest absolute Gasteiger partial charge is 0.276 e. The Hall–Kier alpha value is -1.80. The molecule has 0 radical (unpaired) electrons. The Labute approximate surface area is 138 Å². The Balaban J connectivity index is 1.87. The van der Waals surface area contributed by atoms with Gasteiger partial charge in [-0.25, -0.2) is 0 Å². The molecule has 3 aromatic heterocycles. The lowest BCUT2D eigenvalue weighted by Gasteiger charge is -2.25. The maximum atomic E-state index is 4.66. The molecule has 0 aromatic carbocycles. The average Bonchev–Trinajstić information content (AvgIpc) is 3.18. The van der Waals surface area contributed by atoms with E-state index in [0.29, 0.717) is 5.78 Å². The Morgan fingerprint density at radius 3 is 3.04 bits per heavy atom. The number of hydrogen-bond acceptors (Lipinski definition) is 7. The molecule has 8 heteroatoms. The van der Waals surface area contributed by atoms with E-state index < -0.39 is 0 Å². The molecule has 0 atom stereocenters. The van der Waals surface area contributed by atoms with Crippen molar-refractivity contribution in [3.05, 3.63) is 10.4 Å². The number of unbranched alkanes of at least 4 members (excludes halogenated alkanes) is 1. The number of aromatic nitrogens is 5. The molecular weight excluding hydrogens is 310 g/mol. The van der Waals surface area contributed by atoms with Gasteiger partial charge < -0.3 is 5.32 Å². The van der Waals surface area contributed by atoms with Crippen LogP contribution in [0.2, 0.25) is 0 Å². The van der Waals surface area contributed by atoms with Gasteiger partial charge in [0.1, 0.15) is 10.6 Å². The van der Waals surface area contributed by atoms with Crippen molar-refractivity contribution in [1.29, 1.82) is 0 Å². The lowest BCUT2D eigenvalue weighted by Crippen LogP contribution is -2.29. The molecule has 4 heterocycles. The van der Waals surface area contributed by atoms with E-state index in [-0.39, 0.29) is 0 Å². The van der Waals surface area contributed by atoms with Crippen LogP contribution in [0.15, 0.2) is 0 Å². The average molecular weight is 331 g/mol. The molecule has 0 amide bonds. The van der Waals surface area contributed by atoms with Crippen molar-refractivity contribution in [1.82, 2.24) is 29.9 Å².